The molecule has 2 N–H and O–H groups in total. The molecule has 0 aliphatic carbocycles. The first-order valence-corrected chi connectivity index (χ1v) is 7.76. The molecule has 4 heteroatoms. The number of carboxylic acids is 1. The van der Waals surface area contributed by atoms with E-state index in [0.717, 1.165) is 22.0 Å². The smallest absolute Gasteiger partial charge is 0.335 e. The Bertz CT molecular complexity index is 842. The van der Waals surface area contributed by atoms with E-state index in [4.69, 9.17) is 0 Å². The number of anilines is 1. The highest BCUT2D eigenvalue weighted by Crippen LogP contribution is 2.33. The molecule has 0 aromatic heterocycles. The van der Waals surface area contributed by atoms with Crippen LogP contribution in [0.15, 0.2) is 72.8 Å². The molecule has 0 fully saturated rings. The Kier molecular flexibility index (Phi) is 4.49. The third-order valence-electron chi connectivity index (χ3n) is 4.26. The molecule has 24 heavy (non-hydrogen) atoms. The molecular formula is C20H19NO3. The van der Waals surface area contributed by atoms with Gasteiger partial charge in [-0.05, 0) is 17.0 Å². The first kappa shape index (κ1) is 16.0. The highest BCUT2D eigenvalue weighted by molar-refractivity contribution is 5.94. The number of benzene rings is 3. The molecule has 0 heterocycles. The van der Waals surface area contributed by atoms with Gasteiger partial charge >= 0.3 is 5.97 Å². The fourth-order valence-electron chi connectivity index (χ4n) is 3.07. The van der Waals surface area contributed by atoms with Gasteiger partial charge in [-0.2, -0.15) is 0 Å². The van der Waals surface area contributed by atoms with Gasteiger partial charge in [0.1, 0.15) is 0 Å². The molecule has 4 nitrogen and oxygen atoms in total. The summed E-state index contributed by atoms with van der Waals surface area (Å²) in [4.78, 5) is 13.3. The number of nitrogens with zero attached hydrogens (tertiary/aromatic N) is 1. The molecule has 2 unspecified atom stereocenters. The van der Waals surface area contributed by atoms with Gasteiger partial charge in [0.05, 0.1) is 6.04 Å². The molecule has 0 bridgehead atoms. The summed E-state index contributed by atoms with van der Waals surface area (Å²) in [6.07, 6.45) is -1.53. The molecule has 0 saturated carbocycles. The summed E-state index contributed by atoms with van der Waals surface area (Å²) in [5, 5.41) is 21.7. The van der Waals surface area contributed by atoms with Crippen molar-refractivity contribution in [3.63, 3.8) is 0 Å². The number of aliphatic carboxylic acids is 1. The number of fused-ring (bicyclic) bond motifs is 1. The molecule has 122 valence electrons. The molecule has 0 aliphatic heterocycles. The van der Waals surface area contributed by atoms with Crippen LogP contribution in [0.3, 0.4) is 0 Å². The maximum atomic E-state index is 11.4. The first-order valence-electron chi connectivity index (χ1n) is 7.76. The molecule has 2 atom stereocenters. The van der Waals surface area contributed by atoms with E-state index in [1.165, 1.54) is 0 Å². The van der Waals surface area contributed by atoms with Crippen molar-refractivity contribution in [1.82, 2.24) is 0 Å². The fourth-order valence-corrected chi connectivity index (χ4v) is 3.07. The van der Waals surface area contributed by atoms with Crippen molar-refractivity contribution >= 4 is 22.4 Å². The summed E-state index contributed by atoms with van der Waals surface area (Å²) in [5.74, 6) is -1.24. The van der Waals surface area contributed by atoms with Crippen molar-refractivity contribution in [3.8, 4) is 0 Å². The van der Waals surface area contributed by atoms with Gasteiger partial charge in [0, 0.05) is 18.1 Å². The molecule has 3 aromatic rings. The van der Waals surface area contributed by atoms with Crippen LogP contribution in [-0.4, -0.2) is 29.3 Å². The molecule has 0 spiro atoms. The third kappa shape index (κ3) is 2.96. The van der Waals surface area contributed by atoms with E-state index in [-0.39, 0.29) is 0 Å². The van der Waals surface area contributed by atoms with E-state index >= 15 is 0 Å². The van der Waals surface area contributed by atoms with Gasteiger partial charge in [-0.25, -0.2) is 4.79 Å². The fraction of sp³-hybridized carbons (Fsp3) is 0.150. The second-order valence-corrected chi connectivity index (χ2v) is 5.75. The monoisotopic (exact) mass is 321 g/mol. The SMILES string of the molecule is CN(c1cccc2ccccc12)C(c1ccccc1)C(O)C(=O)O. The van der Waals surface area contributed by atoms with Crippen LogP contribution in [0.25, 0.3) is 10.8 Å². The van der Waals surface area contributed by atoms with Crippen molar-refractivity contribution < 1.29 is 15.0 Å². The Hall–Kier alpha value is -2.85. The zero-order valence-corrected chi connectivity index (χ0v) is 13.3. The van der Waals surface area contributed by atoms with Crippen molar-refractivity contribution in [3.05, 3.63) is 78.4 Å². The summed E-state index contributed by atoms with van der Waals surface area (Å²) < 4.78 is 0. The lowest BCUT2D eigenvalue weighted by Gasteiger charge is -2.33. The number of aliphatic hydroxyl groups is 1. The third-order valence-corrected chi connectivity index (χ3v) is 4.26. The molecule has 0 saturated heterocycles. The highest BCUT2D eigenvalue weighted by Gasteiger charge is 2.31. The zero-order valence-electron chi connectivity index (χ0n) is 13.3. The van der Waals surface area contributed by atoms with E-state index in [9.17, 15) is 15.0 Å². The molecule has 0 aliphatic rings. The Morgan fingerprint density at radius 2 is 1.54 bits per heavy atom. The van der Waals surface area contributed by atoms with Gasteiger partial charge in [-0.1, -0.05) is 66.7 Å². The van der Waals surface area contributed by atoms with E-state index in [1.54, 1.807) is 0 Å². The zero-order chi connectivity index (χ0) is 17.1. The number of likely N-dealkylation sites (N-methyl/N-ethyl adjacent to an activating group) is 1. The predicted molar refractivity (Wildman–Crippen MR) is 95.2 cm³/mol. The standard InChI is InChI=1S/C20H19NO3/c1-21(17-13-7-11-14-8-5-6-12-16(14)17)18(19(22)20(23)24)15-9-3-2-4-10-15/h2-13,18-19,22H,1H3,(H,23,24). The highest BCUT2D eigenvalue weighted by atomic mass is 16.4. The molecular weight excluding hydrogens is 302 g/mol. The number of carboxylic acid groups (broad SMARTS) is 1. The Labute approximate surface area is 140 Å². The van der Waals surface area contributed by atoms with Gasteiger partial charge in [-0.15, -0.1) is 0 Å². The van der Waals surface area contributed by atoms with Gasteiger partial charge in [0.25, 0.3) is 0 Å². The van der Waals surface area contributed by atoms with Crippen molar-refractivity contribution in [1.29, 1.82) is 0 Å². The number of hydrogen-bond acceptors (Lipinski definition) is 3. The minimum atomic E-state index is -1.53. The van der Waals surface area contributed by atoms with Crippen molar-refractivity contribution in [2.24, 2.45) is 0 Å². The van der Waals surface area contributed by atoms with Crippen LogP contribution < -0.4 is 4.90 Å². The number of aliphatic hydroxyl groups excluding tert-OH is 1. The summed E-state index contributed by atoms with van der Waals surface area (Å²) in [7, 11) is 1.81. The largest absolute Gasteiger partial charge is 0.479 e. The van der Waals surface area contributed by atoms with Crippen LogP contribution in [0.5, 0.6) is 0 Å². The number of rotatable bonds is 5. The second kappa shape index (κ2) is 6.72. The predicted octanol–water partition coefficient (Wildman–Crippen LogP) is 3.46. The lowest BCUT2D eigenvalue weighted by Crippen LogP contribution is -2.38. The molecule has 3 aromatic carbocycles. The maximum Gasteiger partial charge on any atom is 0.335 e. The van der Waals surface area contributed by atoms with Gasteiger partial charge in [0.15, 0.2) is 6.10 Å². The Balaban J connectivity index is 2.11. The molecule has 0 amide bonds. The summed E-state index contributed by atoms with van der Waals surface area (Å²) >= 11 is 0. The minimum Gasteiger partial charge on any atom is -0.479 e. The topological polar surface area (TPSA) is 60.8 Å². The second-order valence-electron chi connectivity index (χ2n) is 5.75. The van der Waals surface area contributed by atoms with Gasteiger partial charge in [-0.3, -0.25) is 0 Å². The number of hydrogen-bond donors (Lipinski definition) is 2. The Morgan fingerprint density at radius 1 is 0.917 bits per heavy atom. The maximum absolute atomic E-state index is 11.4. The van der Waals surface area contributed by atoms with Crippen LogP contribution in [0.2, 0.25) is 0 Å². The summed E-state index contributed by atoms with van der Waals surface area (Å²) in [6.45, 7) is 0. The van der Waals surface area contributed by atoms with Crippen LogP contribution in [0.4, 0.5) is 5.69 Å². The van der Waals surface area contributed by atoms with E-state index in [2.05, 4.69) is 0 Å². The Morgan fingerprint density at radius 3 is 2.25 bits per heavy atom. The van der Waals surface area contributed by atoms with Crippen LogP contribution in [-0.2, 0) is 4.79 Å². The summed E-state index contributed by atoms with van der Waals surface area (Å²) in [6, 6.07) is 22.3. The first-order chi connectivity index (χ1) is 11.6. The van der Waals surface area contributed by atoms with Crippen molar-refractivity contribution in [2.75, 3.05) is 11.9 Å². The normalized spacial score (nSPS) is 13.4. The minimum absolute atomic E-state index is 0.686. The number of carbonyl (C=O) groups is 1. The molecule has 0 radical (unpaired) electrons. The van der Waals surface area contributed by atoms with E-state index in [0.29, 0.717) is 0 Å². The van der Waals surface area contributed by atoms with E-state index in [1.807, 2.05) is 84.7 Å². The average molecular weight is 321 g/mol. The lowest BCUT2D eigenvalue weighted by molar-refractivity contribution is -0.147. The lowest BCUT2D eigenvalue weighted by atomic mass is 9.98. The average Bonchev–Trinajstić information content (AvgIpc) is 2.62. The van der Waals surface area contributed by atoms with Crippen molar-refractivity contribution in [2.45, 2.75) is 12.1 Å². The molecule has 3 rings (SSSR count). The van der Waals surface area contributed by atoms with E-state index < -0.39 is 18.1 Å². The quantitative estimate of drug-likeness (QED) is 0.755. The summed E-state index contributed by atoms with van der Waals surface area (Å²) in [5.41, 5.74) is 1.63. The van der Waals surface area contributed by atoms with Crippen LogP contribution in [0, 0.1) is 0 Å². The van der Waals surface area contributed by atoms with Gasteiger partial charge < -0.3 is 15.1 Å². The van der Waals surface area contributed by atoms with Gasteiger partial charge in [0.2, 0.25) is 0 Å². The van der Waals surface area contributed by atoms with Crippen LogP contribution in [0.1, 0.15) is 11.6 Å². The van der Waals surface area contributed by atoms with Crippen LogP contribution >= 0.6 is 0 Å².